The SMILES string of the molecule is CC1SCCSC1c1noc(-c2ccc3c(c2)CNC3)n1. The van der Waals surface area contributed by atoms with Gasteiger partial charge in [0.25, 0.3) is 5.89 Å². The van der Waals surface area contributed by atoms with Crippen molar-refractivity contribution in [3.63, 3.8) is 0 Å². The fraction of sp³-hybridized carbons (Fsp3) is 0.467. The predicted molar refractivity (Wildman–Crippen MR) is 87.4 cm³/mol. The molecule has 0 amide bonds. The minimum atomic E-state index is 0.345. The zero-order valence-corrected chi connectivity index (χ0v) is 13.5. The molecule has 1 saturated heterocycles. The summed E-state index contributed by atoms with van der Waals surface area (Å²) in [5.41, 5.74) is 3.73. The highest BCUT2D eigenvalue weighted by Gasteiger charge is 2.28. The van der Waals surface area contributed by atoms with Crippen molar-refractivity contribution < 1.29 is 4.52 Å². The molecule has 0 saturated carbocycles. The predicted octanol–water partition coefficient (Wildman–Crippen LogP) is 3.25. The number of aromatic nitrogens is 2. The topological polar surface area (TPSA) is 51.0 Å². The molecule has 1 aromatic heterocycles. The van der Waals surface area contributed by atoms with E-state index in [4.69, 9.17) is 4.52 Å². The molecule has 2 aromatic rings. The van der Waals surface area contributed by atoms with Crippen molar-refractivity contribution in [2.24, 2.45) is 0 Å². The van der Waals surface area contributed by atoms with E-state index in [0.29, 0.717) is 16.4 Å². The van der Waals surface area contributed by atoms with Crippen molar-refractivity contribution in [1.29, 1.82) is 0 Å². The van der Waals surface area contributed by atoms with Gasteiger partial charge in [-0.05, 0) is 23.3 Å². The van der Waals surface area contributed by atoms with Crippen molar-refractivity contribution in [2.45, 2.75) is 30.5 Å². The average molecular weight is 319 g/mol. The van der Waals surface area contributed by atoms with Crippen LogP contribution in [0.1, 0.15) is 29.1 Å². The van der Waals surface area contributed by atoms with Gasteiger partial charge in [0.15, 0.2) is 5.82 Å². The molecule has 0 aliphatic carbocycles. The number of hydrogen-bond donors (Lipinski definition) is 1. The van der Waals surface area contributed by atoms with Crippen LogP contribution in [0.4, 0.5) is 0 Å². The standard InChI is InChI=1S/C15H17N3OS2/c1-9-13(21-5-4-20-9)14-17-15(19-18-14)10-2-3-11-7-16-8-12(11)6-10/h2-3,6,9,13,16H,4-5,7-8H2,1H3. The Morgan fingerprint density at radius 1 is 1.19 bits per heavy atom. The van der Waals surface area contributed by atoms with E-state index in [0.717, 1.165) is 30.2 Å². The Morgan fingerprint density at radius 3 is 2.95 bits per heavy atom. The molecule has 2 unspecified atom stereocenters. The van der Waals surface area contributed by atoms with Gasteiger partial charge in [-0.1, -0.05) is 18.1 Å². The van der Waals surface area contributed by atoms with Crippen LogP contribution in [0.5, 0.6) is 0 Å². The highest BCUT2D eigenvalue weighted by molar-refractivity contribution is 8.06. The zero-order valence-electron chi connectivity index (χ0n) is 11.8. The molecular formula is C15H17N3OS2. The van der Waals surface area contributed by atoms with Crippen molar-refractivity contribution >= 4 is 23.5 Å². The van der Waals surface area contributed by atoms with E-state index in [2.05, 4.69) is 40.6 Å². The lowest BCUT2D eigenvalue weighted by Crippen LogP contribution is -2.16. The first kappa shape index (κ1) is 13.7. The highest BCUT2D eigenvalue weighted by atomic mass is 32.2. The Morgan fingerprint density at radius 2 is 2.05 bits per heavy atom. The summed E-state index contributed by atoms with van der Waals surface area (Å²) in [5.74, 6) is 3.86. The van der Waals surface area contributed by atoms with Crippen molar-refractivity contribution in [1.82, 2.24) is 15.5 Å². The molecule has 1 aromatic carbocycles. The molecule has 2 atom stereocenters. The van der Waals surface area contributed by atoms with E-state index in [-0.39, 0.29) is 0 Å². The van der Waals surface area contributed by atoms with Gasteiger partial charge in [-0.3, -0.25) is 0 Å². The largest absolute Gasteiger partial charge is 0.334 e. The van der Waals surface area contributed by atoms with Gasteiger partial charge < -0.3 is 9.84 Å². The van der Waals surface area contributed by atoms with Crippen LogP contribution in [-0.4, -0.2) is 26.9 Å². The lowest BCUT2D eigenvalue weighted by atomic mass is 10.1. The molecule has 4 nitrogen and oxygen atoms in total. The summed E-state index contributed by atoms with van der Waals surface area (Å²) in [4.78, 5) is 4.65. The molecule has 3 heterocycles. The van der Waals surface area contributed by atoms with Crippen molar-refractivity contribution in [2.75, 3.05) is 11.5 Å². The number of thioether (sulfide) groups is 2. The summed E-state index contributed by atoms with van der Waals surface area (Å²) in [5, 5.41) is 8.47. The van der Waals surface area contributed by atoms with Crippen LogP contribution in [-0.2, 0) is 13.1 Å². The third-order valence-electron chi connectivity index (χ3n) is 3.97. The highest BCUT2D eigenvalue weighted by Crippen LogP contribution is 2.41. The van der Waals surface area contributed by atoms with Crippen LogP contribution < -0.4 is 5.32 Å². The second-order valence-corrected chi connectivity index (χ2v) is 8.15. The smallest absolute Gasteiger partial charge is 0.257 e. The van der Waals surface area contributed by atoms with E-state index >= 15 is 0 Å². The van der Waals surface area contributed by atoms with E-state index in [1.54, 1.807) is 0 Å². The first-order valence-corrected chi connectivity index (χ1v) is 9.31. The molecule has 21 heavy (non-hydrogen) atoms. The van der Waals surface area contributed by atoms with Crippen LogP contribution in [0.2, 0.25) is 0 Å². The zero-order chi connectivity index (χ0) is 14.2. The van der Waals surface area contributed by atoms with Gasteiger partial charge in [0.1, 0.15) is 0 Å². The Hall–Kier alpha value is -0.980. The van der Waals surface area contributed by atoms with E-state index < -0.39 is 0 Å². The molecule has 2 aliphatic rings. The van der Waals surface area contributed by atoms with Gasteiger partial charge in [0, 0.05) is 35.4 Å². The molecule has 0 spiro atoms. The normalized spacial score (nSPS) is 25.0. The number of fused-ring (bicyclic) bond motifs is 1. The summed E-state index contributed by atoms with van der Waals surface area (Å²) in [6.45, 7) is 4.13. The Bertz CT molecular complexity index is 658. The minimum Gasteiger partial charge on any atom is -0.334 e. The lowest BCUT2D eigenvalue weighted by molar-refractivity contribution is 0.422. The van der Waals surface area contributed by atoms with Crippen LogP contribution in [0.3, 0.4) is 0 Å². The maximum Gasteiger partial charge on any atom is 0.257 e. The van der Waals surface area contributed by atoms with Gasteiger partial charge in [-0.25, -0.2) is 0 Å². The number of rotatable bonds is 2. The molecule has 110 valence electrons. The maximum atomic E-state index is 5.51. The fourth-order valence-electron chi connectivity index (χ4n) is 2.81. The molecule has 1 fully saturated rings. The summed E-state index contributed by atoms with van der Waals surface area (Å²) in [7, 11) is 0. The second-order valence-electron chi connectivity index (χ2n) is 5.41. The minimum absolute atomic E-state index is 0.345. The quantitative estimate of drug-likeness (QED) is 0.917. The first-order chi connectivity index (χ1) is 10.3. The summed E-state index contributed by atoms with van der Waals surface area (Å²) in [6, 6.07) is 6.40. The fourth-order valence-corrected chi connectivity index (χ4v) is 5.49. The Labute approximate surface area is 132 Å². The van der Waals surface area contributed by atoms with Gasteiger partial charge in [0.2, 0.25) is 0 Å². The van der Waals surface area contributed by atoms with Crippen LogP contribution in [0.15, 0.2) is 22.7 Å². The molecule has 0 bridgehead atoms. The van der Waals surface area contributed by atoms with Gasteiger partial charge in [0.05, 0.1) is 5.25 Å². The number of nitrogens with zero attached hydrogens (tertiary/aromatic N) is 2. The lowest BCUT2D eigenvalue weighted by Gasteiger charge is -2.24. The monoisotopic (exact) mass is 319 g/mol. The third-order valence-corrected chi connectivity index (χ3v) is 7.05. The molecule has 0 radical (unpaired) electrons. The van der Waals surface area contributed by atoms with Gasteiger partial charge >= 0.3 is 0 Å². The Balaban J connectivity index is 1.62. The van der Waals surface area contributed by atoms with E-state index in [1.807, 2.05) is 23.5 Å². The third kappa shape index (κ3) is 2.60. The van der Waals surface area contributed by atoms with E-state index in [9.17, 15) is 0 Å². The average Bonchev–Trinajstić information content (AvgIpc) is 3.16. The number of benzene rings is 1. The van der Waals surface area contributed by atoms with E-state index in [1.165, 1.54) is 16.9 Å². The van der Waals surface area contributed by atoms with Crippen molar-refractivity contribution in [3.8, 4) is 11.5 Å². The number of nitrogens with one attached hydrogen (secondary N) is 1. The Kier molecular flexibility index (Phi) is 3.69. The van der Waals surface area contributed by atoms with Gasteiger partial charge in [-0.2, -0.15) is 16.7 Å². The second kappa shape index (κ2) is 5.66. The molecular weight excluding hydrogens is 302 g/mol. The summed E-state index contributed by atoms with van der Waals surface area (Å²) in [6.07, 6.45) is 0. The van der Waals surface area contributed by atoms with Crippen LogP contribution >= 0.6 is 23.5 Å². The van der Waals surface area contributed by atoms with Crippen LogP contribution in [0, 0.1) is 0 Å². The first-order valence-electron chi connectivity index (χ1n) is 7.21. The number of hydrogen-bond acceptors (Lipinski definition) is 6. The van der Waals surface area contributed by atoms with Crippen LogP contribution in [0.25, 0.3) is 11.5 Å². The molecule has 2 aliphatic heterocycles. The maximum absolute atomic E-state index is 5.51. The molecule has 6 heteroatoms. The van der Waals surface area contributed by atoms with Crippen molar-refractivity contribution in [3.05, 3.63) is 35.2 Å². The van der Waals surface area contributed by atoms with Gasteiger partial charge in [-0.15, -0.1) is 11.8 Å². The summed E-state index contributed by atoms with van der Waals surface area (Å²) >= 11 is 3.93. The molecule has 1 N–H and O–H groups in total. The summed E-state index contributed by atoms with van der Waals surface area (Å²) < 4.78 is 5.51. The molecule has 4 rings (SSSR count).